The highest BCUT2D eigenvalue weighted by Gasteiger charge is 2.35. The zero-order valence-electron chi connectivity index (χ0n) is 11.9. The number of allylic oxidation sites excluding steroid dienone is 1. The molecule has 0 aliphatic carbocycles. The van der Waals surface area contributed by atoms with E-state index in [-0.39, 0.29) is 12.8 Å². The molecule has 2 N–H and O–H groups in total. The van der Waals surface area contributed by atoms with Crippen molar-refractivity contribution in [3.63, 3.8) is 0 Å². The van der Waals surface area contributed by atoms with E-state index < -0.39 is 12.2 Å². The van der Waals surface area contributed by atoms with Crippen molar-refractivity contribution in [1.82, 2.24) is 14.5 Å². The average Bonchev–Trinajstić information content (AvgIpc) is 3.25. The number of hydrogen-bond donors (Lipinski definition) is 2. The third kappa shape index (κ3) is 2.25. The topological polar surface area (TPSA) is 80.4 Å². The van der Waals surface area contributed by atoms with Crippen LogP contribution in [0.15, 0.2) is 30.1 Å². The zero-order valence-corrected chi connectivity index (χ0v) is 12.7. The van der Waals surface area contributed by atoms with Crippen LogP contribution >= 0.6 is 11.8 Å². The second-order valence-corrected chi connectivity index (χ2v) is 6.68. The van der Waals surface area contributed by atoms with Gasteiger partial charge in [0.15, 0.2) is 5.65 Å². The maximum absolute atomic E-state index is 9.91. The SMILES string of the molecule is OCC1O[C@@H](n2cnc3c(C4CC=CS4)ccnc32)CC1O. The summed E-state index contributed by atoms with van der Waals surface area (Å²) in [7, 11) is 0. The Balaban J connectivity index is 1.70. The number of aliphatic hydroxyl groups is 2. The van der Waals surface area contributed by atoms with Crippen LogP contribution < -0.4 is 0 Å². The summed E-state index contributed by atoms with van der Waals surface area (Å²) in [6, 6.07) is 2.02. The molecule has 0 aromatic carbocycles. The Bertz CT molecular complexity index is 709. The molecular weight excluding hydrogens is 302 g/mol. The minimum absolute atomic E-state index is 0.187. The lowest BCUT2D eigenvalue weighted by Crippen LogP contribution is -2.24. The van der Waals surface area contributed by atoms with Crippen molar-refractivity contribution >= 4 is 22.9 Å². The molecule has 2 aromatic heterocycles. The quantitative estimate of drug-likeness (QED) is 0.897. The number of pyridine rings is 1. The highest BCUT2D eigenvalue weighted by Crippen LogP contribution is 2.41. The summed E-state index contributed by atoms with van der Waals surface area (Å²) < 4.78 is 7.56. The van der Waals surface area contributed by atoms with Gasteiger partial charge < -0.3 is 14.9 Å². The first-order valence-electron chi connectivity index (χ1n) is 7.34. The Hall–Kier alpha value is -1.41. The smallest absolute Gasteiger partial charge is 0.162 e. The largest absolute Gasteiger partial charge is 0.394 e. The number of aromatic nitrogens is 3. The lowest BCUT2D eigenvalue weighted by Gasteiger charge is -2.14. The van der Waals surface area contributed by atoms with Crippen LogP contribution in [-0.4, -0.2) is 43.6 Å². The summed E-state index contributed by atoms with van der Waals surface area (Å²) in [5.74, 6) is 0. The Morgan fingerprint density at radius 3 is 3.05 bits per heavy atom. The number of ether oxygens (including phenoxy) is 1. The van der Waals surface area contributed by atoms with Gasteiger partial charge in [0.1, 0.15) is 17.8 Å². The standard InChI is InChI=1S/C15H17N3O3S/c19-7-11-10(20)6-13(21-11)18-8-17-14-9(3-4-16-15(14)18)12-2-1-5-22-12/h1,3-5,8,10-13,19-20H,2,6-7H2/t10?,11?,12?,13-/m1/s1. The molecule has 0 saturated carbocycles. The number of nitrogens with zero attached hydrogens (tertiary/aromatic N) is 3. The first-order chi connectivity index (χ1) is 10.8. The minimum atomic E-state index is -0.662. The Kier molecular flexibility index (Phi) is 3.65. The van der Waals surface area contributed by atoms with Crippen molar-refractivity contribution < 1.29 is 14.9 Å². The molecule has 4 atom stereocenters. The maximum Gasteiger partial charge on any atom is 0.162 e. The van der Waals surface area contributed by atoms with Crippen molar-refractivity contribution in [2.45, 2.75) is 36.5 Å². The van der Waals surface area contributed by atoms with Crippen molar-refractivity contribution in [3.8, 4) is 0 Å². The number of aliphatic hydroxyl groups excluding tert-OH is 2. The van der Waals surface area contributed by atoms with E-state index >= 15 is 0 Å². The van der Waals surface area contributed by atoms with Crippen molar-refractivity contribution in [1.29, 1.82) is 0 Å². The predicted octanol–water partition coefficient (Wildman–Crippen LogP) is 1.76. The van der Waals surface area contributed by atoms with Crippen LogP contribution in [0.5, 0.6) is 0 Å². The molecule has 2 aliphatic rings. The summed E-state index contributed by atoms with van der Waals surface area (Å²) in [4.78, 5) is 8.96. The first-order valence-corrected chi connectivity index (χ1v) is 8.28. The third-order valence-corrected chi connectivity index (χ3v) is 5.35. The van der Waals surface area contributed by atoms with E-state index in [0.717, 1.165) is 17.6 Å². The molecule has 0 bridgehead atoms. The highest BCUT2D eigenvalue weighted by molar-refractivity contribution is 8.02. The number of rotatable bonds is 3. The van der Waals surface area contributed by atoms with Gasteiger partial charge in [-0.3, -0.25) is 4.57 Å². The number of thioether (sulfide) groups is 1. The van der Waals surface area contributed by atoms with Crippen molar-refractivity contribution in [2.24, 2.45) is 0 Å². The monoisotopic (exact) mass is 319 g/mol. The lowest BCUT2D eigenvalue weighted by atomic mass is 10.1. The molecule has 22 heavy (non-hydrogen) atoms. The summed E-state index contributed by atoms with van der Waals surface area (Å²) in [6.45, 7) is -0.187. The molecule has 0 amide bonds. The van der Waals surface area contributed by atoms with Gasteiger partial charge in [0, 0.05) is 17.9 Å². The van der Waals surface area contributed by atoms with Gasteiger partial charge in [0.2, 0.25) is 0 Å². The van der Waals surface area contributed by atoms with Gasteiger partial charge in [-0.05, 0) is 23.5 Å². The molecule has 3 unspecified atom stereocenters. The van der Waals surface area contributed by atoms with E-state index in [1.807, 2.05) is 10.6 Å². The van der Waals surface area contributed by atoms with Gasteiger partial charge in [-0.25, -0.2) is 9.97 Å². The first kappa shape index (κ1) is 14.2. The molecular formula is C15H17N3O3S. The second kappa shape index (κ2) is 5.66. The fourth-order valence-electron chi connectivity index (χ4n) is 3.06. The molecule has 1 fully saturated rings. The second-order valence-electron chi connectivity index (χ2n) is 5.57. The normalized spacial score (nSPS) is 31.4. The number of fused-ring (bicyclic) bond motifs is 1. The summed E-state index contributed by atoms with van der Waals surface area (Å²) in [6.07, 6.45) is 5.57. The van der Waals surface area contributed by atoms with Crippen molar-refractivity contribution in [3.05, 3.63) is 35.6 Å². The van der Waals surface area contributed by atoms with Crippen LogP contribution in [0.25, 0.3) is 11.2 Å². The molecule has 4 rings (SSSR count). The molecule has 0 radical (unpaired) electrons. The van der Waals surface area contributed by atoms with Gasteiger partial charge in [-0.15, -0.1) is 11.8 Å². The average molecular weight is 319 g/mol. The Morgan fingerprint density at radius 1 is 1.41 bits per heavy atom. The highest BCUT2D eigenvalue weighted by atomic mass is 32.2. The van der Waals surface area contributed by atoms with Crippen LogP contribution in [0, 0.1) is 0 Å². The van der Waals surface area contributed by atoms with Crippen LogP contribution in [-0.2, 0) is 4.74 Å². The van der Waals surface area contributed by atoms with Gasteiger partial charge in [0.25, 0.3) is 0 Å². The minimum Gasteiger partial charge on any atom is -0.394 e. The van der Waals surface area contributed by atoms with Gasteiger partial charge in [-0.1, -0.05) is 6.08 Å². The van der Waals surface area contributed by atoms with Crippen LogP contribution in [0.2, 0.25) is 0 Å². The van der Waals surface area contributed by atoms with Crippen molar-refractivity contribution in [2.75, 3.05) is 6.61 Å². The van der Waals surface area contributed by atoms with E-state index in [1.54, 1.807) is 24.3 Å². The third-order valence-electron chi connectivity index (χ3n) is 4.22. The molecule has 116 valence electrons. The number of imidazole rings is 1. The molecule has 4 heterocycles. The van der Waals surface area contributed by atoms with Gasteiger partial charge in [0.05, 0.1) is 19.0 Å². The van der Waals surface area contributed by atoms with Crippen LogP contribution in [0.1, 0.15) is 29.9 Å². The molecule has 6 nitrogen and oxygen atoms in total. The van der Waals surface area contributed by atoms with Crippen LogP contribution in [0.4, 0.5) is 0 Å². The molecule has 1 saturated heterocycles. The van der Waals surface area contributed by atoms with E-state index in [0.29, 0.717) is 11.7 Å². The van der Waals surface area contributed by atoms with Gasteiger partial charge in [-0.2, -0.15) is 0 Å². The summed E-state index contributed by atoms with van der Waals surface area (Å²) >= 11 is 1.79. The van der Waals surface area contributed by atoms with Gasteiger partial charge >= 0.3 is 0 Å². The zero-order chi connectivity index (χ0) is 15.1. The molecule has 0 spiro atoms. The molecule has 2 aliphatic heterocycles. The van der Waals surface area contributed by atoms with E-state index in [9.17, 15) is 10.2 Å². The van der Waals surface area contributed by atoms with E-state index in [2.05, 4.69) is 21.5 Å². The summed E-state index contributed by atoms with van der Waals surface area (Å²) in [5, 5.41) is 21.6. The molecule has 7 heteroatoms. The Labute approximate surface area is 131 Å². The fraction of sp³-hybridized carbons (Fsp3) is 0.467. The fourth-order valence-corrected chi connectivity index (χ4v) is 4.03. The number of hydrogen-bond acceptors (Lipinski definition) is 6. The van der Waals surface area contributed by atoms with E-state index in [4.69, 9.17) is 4.74 Å². The van der Waals surface area contributed by atoms with E-state index in [1.165, 1.54) is 5.56 Å². The predicted molar refractivity (Wildman–Crippen MR) is 83.2 cm³/mol. The Morgan fingerprint density at radius 2 is 2.32 bits per heavy atom. The summed E-state index contributed by atoms with van der Waals surface area (Å²) in [5.41, 5.74) is 2.83. The molecule has 2 aromatic rings. The maximum atomic E-state index is 9.91. The lowest BCUT2D eigenvalue weighted by molar-refractivity contribution is -0.0432. The van der Waals surface area contributed by atoms with Crippen LogP contribution in [0.3, 0.4) is 0 Å².